The van der Waals surface area contributed by atoms with E-state index in [-0.39, 0.29) is 13.0 Å². The van der Waals surface area contributed by atoms with Crippen molar-refractivity contribution in [2.75, 3.05) is 6.79 Å². The van der Waals surface area contributed by atoms with Gasteiger partial charge in [-0.05, 0) is 6.08 Å². The third-order valence-electron chi connectivity index (χ3n) is 2.35. The second-order valence-corrected chi connectivity index (χ2v) is 3.29. The average Bonchev–Trinajstić information content (AvgIpc) is 2.78. The number of hydrogen-bond donors (Lipinski definition) is 0. The van der Waals surface area contributed by atoms with Crippen molar-refractivity contribution >= 4 is 5.84 Å². The maximum atomic E-state index is 5.35. The monoisotopic (exact) mass is 202 g/mol. The molecular formula is C11H10N2O2. The third-order valence-corrected chi connectivity index (χ3v) is 2.35. The Morgan fingerprint density at radius 2 is 2.13 bits per heavy atom. The highest BCUT2D eigenvalue weighted by Gasteiger charge is 2.30. The fourth-order valence-corrected chi connectivity index (χ4v) is 1.65. The van der Waals surface area contributed by atoms with Crippen LogP contribution in [0.3, 0.4) is 0 Å². The van der Waals surface area contributed by atoms with Gasteiger partial charge < -0.3 is 4.74 Å². The maximum Gasteiger partial charge on any atom is 0.179 e. The van der Waals surface area contributed by atoms with Gasteiger partial charge in [0.2, 0.25) is 0 Å². The lowest BCUT2D eigenvalue weighted by molar-refractivity contribution is -0.0601. The minimum atomic E-state index is -0.141. The highest BCUT2D eigenvalue weighted by Crippen LogP contribution is 2.20. The van der Waals surface area contributed by atoms with Crippen LogP contribution in [-0.4, -0.2) is 23.9 Å². The van der Waals surface area contributed by atoms with E-state index in [0.717, 1.165) is 11.4 Å². The molecule has 1 fully saturated rings. The molecule has 3 rings (SSSR count). The van der Waals surface area contributed by atoms with Crippen LogP contribution in [0, 0.1) is 0 Å². The van der Waals surface area contributed by atoms with E-state index in [1.807, 2.05) is 36.4 Å². The second kappa shape index (κ2) is 3.49. The topological polar surface area (TPSA) is 34.1 Å². The maximum absolute atomic E-state index is 5.35. The van der Waals surface area contributed by atoms with Crippen LogP contribution in [0.2, 0.25) is 0 Å². The minimum absolute atomic E-state index is 0.141. The van der Waals surface area contributed by atoms with Crippen LogP contribution < -0.4 is 0 Å². The van der Waals surface area contributed by atoms with Crippen LogP contribution in [0.25, 0.3) is 0 Å². The van der Waals surface area contributed by atoms with Gasteiger partial charge in [-0.1, -0.05) is 30.3 Å². The van der Waals surface area contributed by atoms with Crippen molar-refractivity contribution in [3.8, 4) is 0 Å². The first-order chi connectivity index (χ1) is 7.45. The molecule has 4 heteroatoms. The Balaban J connectivity index is 1.99. The zero-order valence-corrected chi connectivity index (χ0v) is 8.04. The number of ether oxygens (including phenoxy) is 1. The average molecular weight is 202 g/mol. The van der Waals surface area contributed by atoms with Gasteiger partial charge >= 0.3 is 0 Å². The number of hydroxylamine groups is 2. The lowest BCUT2D eigenvalue weighted by Gasteiger charge is -2.23. The van der Waals surface area contributed by atoms with Gasteiger partial charge in [0.15, 0.2) is 18.9 Å². The number of fused-ring (bicyclic) bond motifs is 1. The van der Waals surface area contributed by atoms with E-state index in [1.54, 1.807) is 11.3 Å². The van der Waals surface area contributed by atoms with E-state index in [4.69, 9.17) is 9.57 Å². The fourth-order valence-electron chi connectivity index (χ4n) is 1.65. The van der Waals surface area contributed by atoms with Crippen molar-refractivity contribution in [3.05, 3.63) is 48.2 Å². The molecule has 2 heterocycles. The van der Waals surface area contributed by atoms with Crippen LogP contribution in [0.1, 0.15) is 5.56 Å². The first-order valence-corrected chi connectivity index (χ1v) is 4.79. The molecule has 1 aromatic rings. The lowest BCUT2D eigenvalue weighted by Crippen LogP contribution is -2.36. The predicted molar refractivity (Wildman–Crippen MR) is 54.8 cm³/mol. The predicted octanol–water partition coefficient (Wildman–Crippen LogP) is 1.51. The van der Waals surface area contributed by atoms with Crippen molar-refractivity contribution in [2.24, 2.45) is 4.99 Å². The Hall–Kier alpha value is -1.65. The van der Waals surface area contributed by atoms with Gasteiger partial charge in [-0.3, -0.25) is 0 Å². The van der Waals surface area contributed by atoms with Crippen molar-refractivity contribution in [1.82, 2.24) is 5.06 Å². The summed E-state index contributed by atoms with van der Waals surface area (Å²) in [5.74, 6) is 0.792. The molecule has 0 radical (unpaired) electrons. The van der Waals surface area contributed by atoms with Gasteiger partial charge in [0.05, 0.1) is 0 Å². The molecule has 0 N–H and O–H groups in total. The summed E-state index contributed by atoms with van der Waals surface area (Å²) in [5, 5.41) is 1.69. The summed E-state index contributed by atoms with van der Waals surface area (Å²) < 4.78 is 5.34. The van der Waals surface area contributed by atoms with Gasteiger partial charge in [-0.15, -0.1) is 0 Å². The zero-order chi connectivity index (χ0) is 10.1. The molecule has 2 aliphatic rings. The molecule has 2 aliphatic heterocycles. The number of hydrogen-bond acceptors (Lipinski definition) is 4. The van der Waals surface area contributed by atoms with Gasteiger partial charge in [0.25, 0.3) is 0 Å². The van der Waals surface area contributed by atoms with E-state index >= 15 is 0 Å². The van der Waals surface area contributed by atoms with Crippen LogP contribution in [0.5, 0.6) is 0 Å². The van der Waals surface area contributed by atoms with Gasteiger partial charge in [-0.2, -0.15) is 5.06 Å². The van der Waals surface area contributed by atoms with Crippen LogP contribution in [-0.2, 0) is 9.57 Å². The van der Waals surface area contributed by atoms with E-state index in [9.17, 15) is 0 Å². The third kappa shape index (κ3) is 1.44. The smallest absolute Gasteiger partial charge is 0.179 e. The van der Waals surface area contributed by atoms with E-state index in [2.05, 4.69) is 4.99 Å². The van der Waals surface area contributed by atoms with Crippen molar-refractivity contribution < 1.29 is 9.57 Å². The Kier molecular flexibility index (Phi) is 2.01. The summed E-state index contributed by atoms with van der Waals surface area (Å²) >= 11 is 0. The Morgan fingerprint density at radius 1 is 1.27 bits per heavy atom. The van der Waals surface area contributed by atoms with Crippen molar-refractivity contribution in [2.45, 2.75) is 6.23 Å². The zero-order valence-electron chi connectivity index (χ0n) is 8.04. The Bertz CT molecular complexity index is 414. The molecule has 1 atom stereocenters. The molecule has 0 saturated carbocycles. The second-order valence-electron chi connectivity index (χ2n) is 3.29. The van der Waals surface area contributed by atoms with Crippen molar-refractivity contribution in [3.63, 3.8) is 0 Å². The first-order valence-electron chi connectivity index (χ1n) is 4.79. The molecule has 0 aliphatic carbocycles. The lowest BCUT2D eigenvalue weighted by atomic mass is 10.2. The quantitative estimate of drug-likeness (QED) is 0.692. The largest absolute Gasteiger partial charge is 0.324 e. The van der Waals surface area contributed by atoms with Crippen LogP contribution in [0.4, 0.5) is 0 Å². The number of aliphatic imine (C=N–C) groups is 1. The molecule has 1 unspecified atom stereocenters. The summed E-state index contributed by atoms with van der Waals surface area (Å²) in [6.45, 7) is 0.279. The van der Waals surface area contributed by atoms with Gasteiger partial charge in [0.1, 0.15) is 0 Å². The molecule has 0 aromatic heterocycles. The van der Waals surface area contributed by atoms with E-state index in [0.29, 0.717) is 0 Å². The number of benzene rings is 1. The summed E-state index contributed by atoms with van der Waals surface area (Å²) in [5.41, 5.74) is 1.03. The summed E-state index contributed by atoms with van der Waals surface area (Å²) in [7, 11) is 0. The molecule has 0 spiro atoms. The fraction of sp³-hybridized carbons (Fsp3) is 0.182. The van der Waals surface area contributed by atoms with Gasteiger partial charge in [-0.25, -0.2) is 9.83 Å². The molecular weight excluding hydrogens is 192 g/mol. The summed E-state index contributed by atoms with van der Waals surface area (Å²) in [6.07, 6.45) is 3.47. The number of nitrogens with zero attached hydrogens (tertiary/aromatic N) is 2. The van der Waals surface area contributed by atoms with Crippen molar-refractivity contribution in [1.29, 1.82) is 0 Å². The normalized spacial score (nSPS) is 23.9. The van der Waals surface area contributed by atoms with Crippen LogP contribution >= 0.6 is 0 Å². The molecule has 76 valence electrons. The summed E-state index contributed by atoms with van der Waals surface area (Å²) in [4.78, 5) is 9.65. The summed E-state index contributed by atoms with van der Waals surface area (Å²) in [6, 6.07) is 9.92. The van der Waals surface area contributed by atoms with Crippen LogP contribution in [0.15, 0.2) is 47.6 Å². The molecule has 1 aromatic carbocycles. The van der Waals surface area contributed by atoms with Gasteiger partial charge in [0, 0.05) is 11.8 Å². The highest BCUT2D eigenvalue weighted by molar-refractivity contribution is 5.99. The molecule has 15 heavy (non-hydrogen) atoms. The Labute approximate surface area is 87.4 Å². The standard InChI is InChI=1S/C11H10N2O2/c1-2-4-9(5-3-1)11-12-7-6-10-13(11)15-8-14-10/h1-7,10H,8H2. The Morgan fingerprint density at radius 3 is 3.00 bits per heavy atom. The number of rotatable bonds is 1. The molecule has 0 amide bonds. The number of amidine groups is 1. The minimum Gasteiger partial charge on any atom is -0.324 e. The van der Waals surface area contributed by atoms with E-state index in [1.165, 1.54) is 0 Å². The SMILES string of the molecule is C1=CC2OCON2C(c2ccccc2)=N1. The molecule has 0 bridgehead atoms. The first kappa shape index (κ1) is 8.64. The highest BCUT2D eigenvalue weighted by atomic mass is 16.8. The molecule has 1 saturated heterocycles. The molecule has 4 nitrogen and oxygen atoms in total. The van der Waals surface area contributed by atoms with E-state index < -0.39 is 0 Å².